The molecule has 0 unspecified atom stereocenters. The number of phenolic OH excluding ortho intramolecular Hbond substituents is 1. The normalized spacial score (nSPS) is 10.6. The fourth-order valence-corrected chi connectivity index (χ4v) is 3.11. The van der Waals surface area contributed by atoms with Crippen molar-refractivity contribution in [2.24, 2.45) is 0 Å². The Kier molecular flexibility index (Phi) is 5.51. The van der Waals surface area contributed by atoms with Gasteiger partial charge in [0, 0.05) is 12.5 Å². The summed E-state index contributed by atoms with van der Waals surface area (Å²) in [7, 11) is 0. The summed E-state index contributed by atoms with van der Waals surface area (Å²) in [5, 5.41) is 24.4. The number of aryl methyl sites for hydroxylation is 1. The molecule has 0 aliphatic carbocycles. The van der Waals surface area contributed by atoms with Gasteiger partial charge in [-0.3, -0.25) is 9.59 Å². The van der Waals surface area contributed by atoms with Gasteiger partial charge in [-0.05, 0) is 47.7 Å². The standard InChI is InChI=1S/C18H17N5O3S/c1-11-3-6-14(7-4-11)23-18(20-21-22-23)27-10-17(26)13-5-8-16(25)15(9-13)19-12(2)24/h3-9,25H,10H2,1-2H3,(H,19,24). The highest BCUT2D eigenvalue weighted by Gasteiger charge is 2.14. The minimum absolute atomic E-state index is 0.0993. The van der Waals surface area contributed by atoms with Gasteiger partial charge in [0.15, 0.2) is 5.78 Å². The third-order valence-corrected chi connectivity index (χ3v) is 4.60. The van der Waals surface area contributed by atoms with Crippen LogP contribution in [-0.2, 0) is 4.79 Å². The first-order chi connectivity index (χ1) is 12.9. The van der Waals surface area contributed by atoms with Gasteiger partial charge >= 0.3 is 0 Å². The number of carbonyl (C=O) groups is 2. The van der Waals surface area contributed by atoms with Crippen molar-refractivity contribution in [1.82, 2.24) is 20.2 Å². The lowest BCUT2D eigenvalue weighted by molar-refractivity contribution is -0.114. The van der Waals surface area contributed by atoms with E-state index in [4.69, 9.17) is 0 Å². The second kappa shape index (κ2) is 8.00. The number of hydrogen-bond donors (Lipinski definition) is 2. The molecule has 0 atom stereocenters. The van der Waals surface area contributed by atoms with E-state index in [9.17, 15) is 14.7 Å². The first-order valence-electron chi connectivity index (χ1n) is 8.06. The van der Waals surface area contributed by atoms with Crippen LogP contribution in [0.2, 0.25) is 0 Å². The van der Waals surface area contributed by atoms with Crippen molar-refractivity contribution in [2.45, 2.75) is 19.0 Å². The summed E-state index contributed by atoms with van der Waals surface area (Å²) in [5.41, 5.74) is 2.50. The van der Waals surface area contributed by atoms with Crippen LogP contribution in [0.25, 0.3) is 5.69 Å². The lowest BCUT2D eigenvalue weighted by atomic mass is 10.1. The van der Waals surface area contributed by atoms with Crippen LogP contribution in [0, 0.1) is 6.92 Å². The van der Waals surface area contributed by atoms with Crippen molar-refractivity contribution in [3.63, 3.8) is 0 Å². The Bertz CT molecular complexity index is 985. The molecule has 2 N–H and O–H groups in total. The van der Waals surface area contributed by atoms with Crippen molar-refractivity contribution < 1.29 is 14.7 Å². The maximum atomic E-state index is 12.5. The monoisotopic (exact) mass is 383 g/mol. The van der Waals surface area contributed by atoms with Gasteiger partial charge in [0.25, 0.3) is 0 Å². The van der Waals surface area contributed by atoms with Gasteiger partial charge in [0.05, 0.1) is 17.1 Å². The van der Waals surface area contributed by atoms with Gasteiger partial charge in [0.2, 0.25) is 11.1 Å². The zero-order valence-electron chi connectivity index (χ0n) is 14.7. The number of ketones is 1. The molecule has 138 valence electrons. The van der Waals surface area contributed by atoms with E-state index < -0.39 is 0 Å². The summed E-state index contributed by atoms with van der Waals surface area (Å²) in [6.07, 6.45) is 0. The summed E-state index contributed by atoms with van der Waals surface area (Å²) >= 11 is 1.21. The molecule has 3 rings (SSSR count). The average Bonchev–Trinajstić information content (AvgIpc) is 3.10. The van der Waals surface area contributed by atoms with Crippen LogP contribution >= 0.6 is 11.8 Å². The summed E-state index contributed by atoms with van der Waals surface area (Å²) in [4.78, 5) is 23.7. The van der Waals surface area contributed by atoms with Crippen molar-refractivity contribution in [3.8, 4) is 11.4 Å². The number of carbonyl (C=O) groups excluding carboxylic acids is 2. The number of rotatable bonds is 6. The fourth-order valence-electron chi connectivity index (χ4n) is 2.33. The number of nitrogens with one attached hydrogen (secondary N) is 1. The van der Waals surface area contributed by atoms with E-state index in [1.807, 2.05) is 31.2 Å². The lowest BCUT2D eigenvalue weighted by Crippen LogP contribution is -2.09. The molecule has 2 aromatic carbocycles. The maximum absolute atomic E-state index is 12.5. The number of amides is 1. The molecular weight excluding hydrogens is 366 g/mol. The third kappa shape index (κ3) is 4.50. The van der Waals surface area contributed by atoms with Crippen molar-refractivity contribution >= 4 is 29.1 Å². The topological polar surface area (TPSA) is 110 Å². The quantitative estimate of drug-likeness (QED) is 0.382. The number of tetrazole rings is 1. The second-order valence-corrected chi connectivity index (χ2v) is 6.78. The minimum atomic E-state index is -0.332. The largest absolute Gasteiger partial charge is 0.506 e. The Hall–Kier alpha value is -3.20. The molecule has 1 heterocycles. The van der Waals surface area contributed by atoms with Crippen LogP contribution in [0.4, 0.5) is 5.69 Å². The number of nitrogens with zero attached hydrogens (tertiary/aromatic N) is 4. The van der Waals surface area contributed by atoms with Gasteiger partial charge in [-0.2, -0.15) is 4.68 Å². The number of Topliss-reactive ketones (excluding diaryl/α,β-unsaturated/α-hetero) is 1. The summed E-state index contributed by atoms with van der Waals surface area (Å²) in [5.74, 6) is -0.499. The van der Waals surface area contributed by atoms with E-state index in [0.29, 0.717) is 10.7 Å². The molecular formula is C18H17N5O3S. The van der Waals surface area contributed by atoms with Crippen LogP contribution < -0.4 is 5.32 Å². The van der Waals surface area contributed by atoms with E-state index in [-0.39, 0.29) is 28.9 Å². The number of aromatic nitrogens is 4. The molecule has 0 spiro atoms. The van der Waals surface area contributed by atoms with E-state index in [2.05, 4.69) is 20.8 Å². The van der Waals surface area contributed by atoms with E-state index in [1.54, 1.807) is 4.68 Å². The Morgan fingerprint density at radius 1 is 1.19 bits per heavy atom. The molecule has 9 heteroatoms. The Morgan fingerprint density at radius 2 is 1.93 bits per heavy atom. The molecule has 0 aliphatic heterocycles. The van der Waals surface area contributed by atoms with Gasteiger partial charge in [-0.1, -0.05) is 29.5 Å². The van der Waals surface area contributed by atoms with Crippen molar-refractivity contribution in [3.05, 3.63) is 53.6 Å². The maximum Gasteiger partial charge on any atom is 0.221 e. The molecule has 27 heavy (non-hydrogen) atoms. The number of anilines is 1. The molecule has 0 radical (unpaired) electrons. The number of hydrogen-bond acceptors (Lipinski definition) is 7. The molecule has 3 aromatic rings. The van der Waals surface area contributed by atoms with Crippen LogP contribution in [0.1, 0.15) is 22.8 Å². The number of phenols is 1. The first kappa shape index (κ1) is 18.6. The van der Waals surface area contributed by atoms with Crippen LogP contribution in [-0.4, -0.2) is 42.8 Å². The zero-order chi connectivity index (χ0) is 19.4. The van der Waals surface area contributed by atoms with Crippen LogP contribution in [0.15, 0.2) is 47.6 Å². The average molecular weight is 383 g/mol. The summed E-state index contributed by atoms with van der Waals surface area (Å²) in [6, 6.07) is 12.0. The van der Waals surface area contributed by atoms with Crippen LogP contribution in [0.3, 0.4) is 0 Å². The van der Waals surface area contributed by atoms with Gasteiger partial charge in [-0.15, -0.1) is 5.10 Å². The lowest BCUT2D eigenvalue weighted by Gasteiger charge is -2.08. The molecule has 0 fully saturated rings. The SMILES string of the molecule is CC(=O)Nc1cc(C(=O)CSc2nnnn2-c2ccc(C)cc2)ccc1O. The van der Waals surface area contributed by atoms with Crippen molar-refractivity contribution in [2.75, 3.05) is 11.1 Å². The summed E-state index contributed by atoms with van der Waals surface area (Å²) in [6.45, 7) is 3.32. The third-order valence-electron chi connectivity index (χ3n) is 3.68. The number of aromatic hydroxyl groups is 1. The smallest absolute Gasteiger partial charge is 0.221 e. The van der Waals surface area contributed by atoms with Crippen LogP contribution in [0.5, 0.6) is 5.75 Å². The Morgan fingerprint density at radius 3 is 2.63 bits per heavy atom. The first-order valence-corrected chi connectivity index (χ1v) is 9.04. The predicted octanol–water partition coefficient (Wildman–Crippen LogP) is 2.61. The highest BCUT2D eigenvalue weighted by Crippen LogP contribution is 2.26. The second-order valence-electron chi connectivity index (χ2n) is 5.83. The molecule has 0 saturated heterocycles. The Labute approximate surface area is 159 Å². The molecule has 1 amide bonds. The highest BCUT2D eigenvalue weighted by molar-refractivity contribution is 7.99. The molecule has 0 saturated carbocycles. The minimum Gasteiger partial charge on any atom is -0.506 e. The van der Waals surface area contributed by atoms with E-state index in [0.717, 1.165) is 11.3 Å². The van der Waals surface area contributed by atoms with E-state index in [1.165, 1.54) is 36.9 Å². The Balaban J connectivity index is 1.73. The molecule has 0 aliphatic rings. The van der Waals surface area contributed by atoms with Crippen molar-refractivity contribution in [1.29, 1.82) is 0 Å². The van der Waals surface area contributed by atoms with Gasteiger partial charge in [-0.25, -0.2) is 0 Å². The fraction of sp³-hybridized carbons (Fsp3) is 0.167. The molecule has 0 bridgehead atoms. The number of benzene rings is 2. The zero-order valence-corrected chi connectivity index (χ0v) is 15.5. The summed E-state index contributed by atoms with van der Waals surface area (Å²) < 4.78 is 1.57. The highest BCUT2D eigenvalue weighted by atomic mass is 32.2. The van der Waals surface area contributed by atoms with E-state index >= 15 is 0 Å². The molecule has 1 aromatic heterocycles. The molecule has 8 nitrogen and oxygen atoms in total. The van der Waals surface area contributed by atoms with Gasteiger partial charge < -0.3 is 10.4 Å². The van der Waals surface area contributed by atoms with Gasteiger partial charge in [0.1, 0.15) is 5.75 Å². The number of thioether (sulfide) groups is 1. The predicted molar refractivity (Wildman–Crippen MR) is 101 cm³/mol.